The lowest BCUT2D eigenvalue weighted by Gasteiger charge is -2.15. The normalized spacial score (nSPS) is 11.0. The van der Waals surface area contributed by atoms with E-state index in [0.717, 1.165) is 22.4 Å². The molecule has 0 saturated heterocycles. The third-order valence-corrected chi connectivity index (χ3v) is 4.24. The number of fused-ring (bicyclic) bond motifs is 3. The second-order valence-electron chi connectivity index (χ2n) is 6.15. The number of rotatable bonds is 4. The Morgan fingerprint density at radius 1 is 1.23 bits per heavy atom. The van der Waals surface area contributed by atoms with Crippen molar-refractivity contribution in [3.8, 4) is 0 Å². The summed E-state index contributed by atoms with van der Waals surface area (Å²) < 4.78 is 1.80. The number of carbonyl (C=O) groups is 1. The molecule has 0 unspecified atom stereocenters. The maximum atomic E-state index is 11.7. The topological polar surface area (TPSA) is 82.8 Å². The van der Waals surface area contributed by atoms with E-state index in [1.807, 2.05) is 43.3 Å². The van der Waals surface area contributed by atoms with Crippen molar-refractivity contribution in [2.45, 2.75) is 0 Å². The third kappa shape index (κ3) is 2.59. The van der Waals surface area contributed by atoms with Crippen LogP contribution in [0.15, 0.2) is 55.0 Å². The number of aromatic carboxylic acids is 1. The second kappa shape index (κ2) is 6.03. The Hall–Kier alpha value is -3.61. The van der Waals surface area contributed by atoms with E-state index in [-0.39, 0.29) is 5.56 Å². The van der Waals surface area contributed by atoms with Crippen molar-refractivity contribution in [2.24, 2.45) is 0 Å². The van der Waals surface area contributed by atoms with Crippen LogP contribution in [0.25, 0.3) is 16.6 Å². The molecule has 3 aromatic heterocycles. The largest absolute Gasteiger partial charge is 0.478 e. The fourth-order valence-electron chi connectivity index (χ4n) is 2.97. The standard InChI is InChI=1S/C19H17N5O2/c1-23(2)13-5-3-4-12(10-13)21-18-17-14(19(25)26)7-9-24(17)16-11-20-8-6-15(16)22-18/h3-11H,1-2H3,(H,21,22)(H,25,26). The lowest BCUT2D eigenvalue weighted by atomic mass is 10.2. The van der Waals surface area contributed by atoms with Gasteiger partial charge in [-0.3, -0.25) is 4.98 Å². The summed E-state index contributed by atoms with van der Waals surface area (Å²) >= 11 is 0. The minimum absolute atomic E-state index is 0.189. The Labute approximate surface area is 149 Å². The van der Waals surface area contributed by atoms with Crippen molar-refractivity contribution >= 4 is 39.7 Å². The van der Waals surface area contributed by atoms with Crippen molar-refractivity contribution in [3.63, 3.8) is 0 Å². The van der Waals surface area contributed by atoms with Gasteiger partial charge >= 0.3 is 5.97 Å². The number of benzene rings is 1. The number of carboxylic acids is 1. The molecule has 0 radical (unpaired) electrons. The highest BCUT2D eigenvalue weighted by atomic mass is 16.4. The molecule has 0 bridgehead atoms. The average Bonchev–Trinajstić information content (AvgIpc) is 3.08. The van der Waals surface area contributed by atoms with Crippen LogP contribution in [0, 0.1) is 0 Å². The maximum Gasteiger partial charge on any atom is 0.338 e. The predicted molar refractivity (Wildman–Crippen MR) is 102 cm³/mol. The van der Waals surface area contributed by atoms with Gasteiger partial charge in [0, 0.05) is 37.9 Å². The van der Waals surface area contributed by atoms with Crippen LogP contribution >= 0.6 is 0 Å². The molecule has 0 fully saturated rings. The number of nitrogens with zero attached hydrogens (tertiary/aromatic N) is 4. The van der Waals surface area contributed by atoms with Gasteiger partial charge in [-0.25, -0.2) is 9.78 Å². The minimum atomic E-state index is -0.998. The van der Waals surface area contributed by atoms with Gasteiger partial charge < -0.3 is 19.7 Å². The fraction of sp³-hybridized carbons (Fsp3) is 0.105. The van der Waals surface area contributed by atoms with Crippen LogP contribution in [0.5, 0.6) is 0 Å². The minimum Gasteiger partial charge on any atom is -0.478 e. The number of anilines is 3. The summed E-state index contributed by atoms with van der Waals surface area (Å²) in [7, 11) is 3.93. The van der Waals surface area contributed by atoms with Crippen molar-refractivity contribution in [2.75, 3.05) is 24.3 Å². The zero-order valence-corrected chi connectivity index (χ0v) is 14.3. The van der Waals surface area contributed by atoms with Gasteiger partial charge in [-0.1, -0.05) is 6.07 Å². The molecular formula is C19H17N5O2. The molecule has 0 amide bonds. The molecule has 7 heteroatoms. The Morgan fingerprint density at radius 2 is 2.08 bits per heavy atom. The van der Waals surface area contributed by atoms with E-state index in [0.29, 0.717) is 11.3 Å². The van der Waals surface area contributed by atoms with Gasteiger partial charge in [0.1, 0.15) is 5.52 Å². The van der Waals surface area contributed by atoms with E-state index in [9.17, 15) is 9.90 Å². The average molecular weight is 347 g/mol. The van der Waals surface area contributed by atoms with Gasteiger partial charge in [0.25, 0.3) is 0 Å². The van der Waals surface area contributed by atoms with Crippen LogP contribution in [0.2, 0.25) is 0 Å². The first kappa shape index (κ1) is 15.9. The SMILES string of the molecule is CN(C)c1cccc(Nc2nc3ccncc3n3ccc(C(=O)O)c23)c1. The van der Waals surface area contributed by atoms with E-state index >= 15 is 0 Å². The van der Waals surface area contributed by atoms with Crippen molar-refractivity contribution in [1.29, 1.82) is 0 Å². The van der Waals surface area contributed by atoms with Crippen LogP contribution in [-0.4, -0.2) is 39.5 Å². The van der Waals surface area contributed by atoms with Crippen LogP contribution in [0.1, 0.15) is 10.4 Å². The van der Waals surface area contributed by atoms with Gasteiger partial charge in [0.05, 0.1) is 22.8 Å². The molecular weight excluding hydrogens is 330 g/mol. The van der Waals surface area contributed by atoms with Gasteiger partial charge in [-0.2, -0.15) is 0 Å². The van der Waals surface area contributed by atoms with Crippen molar-refractivity contribution in [3.05, 3.63) is 60.6 Å². The number of carboxylic acid groups (broad SMARTS) is 1. The molecule has 4 rings (SSSR count). The van der Waals surface area contributed by atoms with Crippen LogP contribution in [0.4, 0.5) is 17.2 Å². The highest BCUT2D eigenvalue weighted by Crippen LogP contribution is 2.29. The second-order valence-corrected chi connectivity index (χ2v) is 6.15. The highest BCUT2D eigenvalue weighted by molar-refractivity contribution is 6.02. The lowest BCUT2D eigenvalue weighted by Crippen LogP contribution is -2.09. The van der Waals surface area contributed by atoms with Crippen LogP contribution < -0.4 is 10.2 Å². The Morgan fingerprint density at radius 3 is 2.85 bits per heavy atom. The molecule has 2 N–H and O–H groups in total. The summed E-state index contributed by atoms with van der Waals surface area (Å²) in [5.74, 6) is -0.510. The van der Waals surface area contributed by atoms with Gasteiger partial charge in [-0.15, -0.1) is 0 Å². The van der Waals surface area contributed by atoms with Crippen LogP contribution in [0.3, 0.4) is 0 Å². The number of aromatic nitrogens is 3. The number of hydrogen-bond donors (Lipinski definition) is 2. The molecule has 0 aliphatic heterocycles. The Bertz CT molecular complexity index is 1130. The molecule has 130 valence electrons. The molecule has 1 aromatic carbocycles. The Kier molecular flexibility index (Phi) is 3.69. The summed E-state index contributed by atoms with van der Waals surface area (Å²) in [6.07, 6.45) is 5.07. The van der Waals surface area contributed by atoms with Crippen molar-refractivity contribution in [1.82, 2.24) is 14.4 Å². The van der Waals surface area contributed by atoms with Gasteiger partial charge in [0.15, 0.2) is 5.82 Å². The monoisotopic (exact) mass is 347 g/mol. The molecule has 26 heavy (non-hydrogen) atoms. The fourth-order valence-corrected chi connectivity index (χ4v) is 2.97. The molecule has 4 aromatic rings. The van der Waals surface area contributed by atoms with Gasteiger partial charge in [-0.05, 0) is 30.3 Å². The van der Waals surface area contributed by atoms with Crippen molar-refractivity contribution < 1.29 is 9.90 Å². The molecule has 3 heterocycles. The molecule has 0 aliphatic carbocycles. The number of hydrogen-bond acceptors (Lipinski definition) is 5. The quantitative estimate of drug-likeness (QED) is 0.589. The zero-order chi connectivity index (χ0) is 18.3. The highest BCUT2D eigenvalue weighted by Gasteiger charge is 2.17. The molecule has 0 spiro atoms. The first-order valence-corrected chi connectivity index (χ1v) is 8.07. The Balaban J connectivity index is 1.94. The number of nitrogens with one attached hydrogen (secondary N) is 1. The zero-order valence-electron chi connectivity index (χ0n) is 14.3. The smallest absolute Gasteiger partial charge is 0.338 e. The summed E-state index contributed by atoms with van der Waals surface area (Å²) in [6.45, 7) is 0. The first-order valence-electron chi connectivity index (χ1n) is 8.07. The molecule has 7 nitrogen and oxygen atoms in total. The summed E-state index contributed by atoms with van der Waals surface area (Å²) in [5, 5.41) is 12.8. The summed E-state index contributed by atoms with van der Waals surface area (Å²) in [4.78, 5) is 22.4. The summed E-state index contributed by atoms with van der Waals surface area (Å²) in [5.41, 5.74) is 4.04. The lowest BCUT2D eigenvalue weighted by molar-refractivity contribution is 0.0699. The van der Waals surface area contributed by atoms with E-state index < -0.39 is 5.97 Å². The predicted octanol–water partition coefficient (Wildman–Crippen LogP) is 3.39. The molecule has 0 atom stereocenters. The van der Waals surface area contributed by atoms with Crippen LogP contribution in [-0.2, 0) is 0 Å². The van der Waals surface area contributed by atoms with E-state index in [4.69, 9.17) is 0 Å². The maximum absolute atomic E-state index is 11.7. The molecule has 0 saturated carbocycles. The first-order chi connectivity index (χ1) is 12.5. The van der Waals surface area contributed by atoms with Gasteiger partial charge in [0.2, 0.25) is 0 Å². The van der Waals surface area contributed by atoms with E-state index in [2.05, 4.69) is 15.3 Å². The van der Waals surface area contributed by atoms with E-state index in [1.165, 1.54) is 0 Å². The number of pyridine rings is 1. The summed E-state index contributed by atoms with van der Waals surface area (Å²) in [6, 6.07) is 11.2. The third-order valence-electron chi connectivity index (χ3n) is 4.24. The van der Waals surface area contributed by atoms with E-state index in [1.54, 1.807) is 35.1 Å². The molecule has 0 aliphatic rings.